The molecule has 1 aliphatic carbocycles. The average molecular weight is 166 g/mol. The van der Waals surface area contributed by atoms with Crippen LogP contribution < -0.4 is 5.73 Å². The monoisotopic (exact) mass is 166 g/mol. The van der Waals surface area contributed by atoms with Crippen molar-refractivity contribution in [2.75, 3.05) is 5.73 Å². The predicted octanol–water partition coefficient (Wildman–Crippen LogP) is 2.09. The third-order valence-corrected chi connectivity index (χ3v) is 2.68. The van der Waals surface area contributed by atoms with Crippen molar-refractivity contribution in [1.29, 1.82) is 0 Å². The zero-order chi connectivity index (χ0) is 8.55. The van der Waals surface area contributed by atoms with Crippen LogP contribution in [0.1, 0.15) is 43.4 Å². The Kier molecular flexibility index (Phi) is 1.79. The Morgan fingerprint density at radius 2 is 2.33 bits per heavy atom. The molecule has 0 atom stereocenters. The molecular formula is C9H14N2O. The summed E-state index contributed by atoms with van der Waals surface area (Å²) in [6.45, 7) is 2.09. The lowest BCUT2D eigenvalue weighted by molar-refractivity contribution is 0.299. The fourth-order valence-electron chi connectivity index (χ4n) is 1.68. The molecule has 2 rings (SSSR count). The van der Waals surface area contributed by atoms with Crippen molar-refractivity contribution in [3.05, 3.63) is 11.3 Å². The maximum Gasteiger partial charge on any atom is 0.170 e. The van der Waals surface area contributed by atoms with Gasteiger partial charge in [-0.15, -0.1) is 0 Å². The molecule has 1 aromatic heterocycles. The Morgan fingerprint density at radius 3 is 2.83 bits per heavy atom. The Morgan fingerprint density at radius 1 is 1.58 bits per heavy atom. The number of rotatable bonds is 2. The summed E-state index contributed by atoms with van der Waals surface area (Å²) in [5.74, 6) is 2.23. The Bertz CT molecular complexity index is 276. The van der Waals surface area contributed by atoms with Crippen molar-refractivity contribution in [2.24, 2.45) is 0 Å². The zero-order valence-electron chi connectivity index (χ0n) is 7.34. The van der Waals surface area contributed by atoms with Crippen LogP contribution in [0.4, 0.5) is 5.82 Å². The molecule has 1 aromatic rings. The number of nitrogen functional groups attached to an aromatic ring is 1. The molecule has 0 radical (unpaired) electrons. The number of anilines is 1. The lowest BCUT2D eigenvalue weighted by Gasteiger charge is -2.23. The first-order chi connectivity index (χ1) is 5.83. The molecule has 0 bridgehead atoms. The van der Waals surface area contributed by atoms with Crippen LogP contribution >= 0.6 is 0 Å². The van der Waals surface area contributed by atoms with Gasteiger partial charge in [0.25, 0.3) is 0 Å². The molecule has 1 fully saturated rings. The van der Waals surface area contributed by atoms with Gasteiger partial charge in [0.2, 0.25) is 0 Å². The number of nitrogens with zero attached hydrogens (tertiary/aromatic N) is 1. The maximum atomic E-state index is 5.66. The van der Waals surface area contributed by atoms with E-state index in [0.717, 1.165) is 17.7 Å². The summed E-state index contributed by atoms with van der Waals surface area (Å²) in [6, 6.07) is 0. The molecule has 0 saturated heterocycles. The summed E-state index contributed by atoms with van der Waals surface area (Å²) >= 11 is 0. The summed E-state index contributed by atoms with van der Waals surface area (Å²) < 4.78 is 5.22. The van der Waals surface area contributed by atoms with E-state index < -0.39 is 0 Å². The molecule has 1 saturated carbocycles. The third-order valence-electron chi connectivity index (χ3n) is 2.68. The summed E-state index contributed by atoms with van der Waals surface area (Å²) in [4.78, 5) is 0. The molecule has 1 aliphatic rings. The van der Waals surface area contributed by atoms with Gasteiger partial charge < -0.3 is 10.3 Å². The molecule has 3 heteroatoms. The van der Waals surface area contributed by atoms with Crippen LogP contribution in [0.25, 0.3) is 0 Å². The Labute approximate surface area is 71.9 Å². The van der Waals surface area contributed by atoms with Crippen molar-refractivity contribution in [3.63, 3.8) is 0 Å². The number of aromatic nitrogens is 1. The second kappa shape index (κ2) is 2.81. The first-order valence-corrected chi connectivity index (χ1v) is 4.56. The number of hydrogen-bond donors (Lipinski definition) is 1. The second-order valence-electron chi connectivity index (χ2n) is 3.39. The van der Waals surface area contributed by atoms with Crippen LogP contribution in [0.2, 0.25) is 0 Å². The smallest absolute Gasteiger partial charge is 0.170 e. The summed E-state index contributed by atoms with van der Waals surface area (Å²) in [7, 11) is 0. The van der Waals surface area contributed by atoms with Crippen molar-refractivity contribution < 1.29 is 4.52 Å². The van der Waals surface area contributed by atoms with Crippen molar-refractivity contribution in [2.45, 2.75) is 38.5 Å². The van der Waals surface area contributed by atoms with Gasteiger partial charge in [-0.1, -0.05) is 18.5 Å². The molecule has 0 amide bonds. The lowest BCUT2D eigenvalue weighted by atomic mass is 9.82. The average Bonchev–Trinajstić information content (AvgIpc) is 2.29. The first-order valence-electron chi connectivity index (χ1n) is 4.56. The standard InChI is InChI=1S/C9H14N2O/c1-2-7-8(6-4-3-5-6)12-11-9(7)10/h6H,2-5H2,1H3,(H2,10,11). The topological polar surface area (TPSA) is 52.0 Å². The van der Waals surface area contributed by atoms with Crippen LogP contribution in [-0.4, -0.2) is 5.16 Å². The van der Waals surface area contributed by atoms with E-state index in [1.54, 1.807) is 0 Å². The minimum absolute atomic E-state index is 0.583. The number of hydrogen-bond acceptors (Lipinski definition) is 3. The van der Waals surface area contributed by atoms with E-state index in [1.165, 1.54) is 19.3 Å². The molecule has 0 unspecified atom stereocenters. The van der Waals surface area contributed by atoms with Crippen LogP contribution in [0.15, 0.2) is 4.52 Å². The predicted molar refractivity (Wildman–Crippen MR) is 46.9 cm³/mol. The molecular weight excluding hydrogens is 152 g/mol. The van der Waals surface area contributed by atoms with Gasteiger partial charge >= 0.3 is 0 Å². The highest BCUT2D eigenvalue weighted by atomic mass is 16.5. The molecule has 66 valence electrons. The molecule has 0 aliphatic heterocycles. The van der Waals surface area contributed by atoms with Crippen LogP contribution in [0.3, 0.4) is 0 Å². The van der Waals surface area contributed by atoms with Gasteiger partial charge in [-0.25, -0.2) is 0 Å². The van der Waals surface area contributed by atoms with E-state index in [-0.39, 0.29) is 0 Å². The van der Waals surface area contributed by atoms with Gasteiger partial charge in [0, 0.05) is 11.5 Å². The van der Waals surface area contributed by atoms with Crippen molar-refractivity contribution in [3.8, 4) is 0 Å². The van der Waals surface area contributed by atoms with Gasteiger partial charge in [-0.2, -0.15) is 0 Å². The van der Waals surface area contributed by atoms with E-state index in [0.29, 0.717) is 11.7 Å². The van der Waals surface area contributed by atoms with Crippen molar-refractivity contribution in [1.82, 2.24) is 5.16 Å². The zero-order valence-corrected chi connectivity index (χ0v) is 7.34. The third kappa shape index (κ3) is 1.00. The largest absolute Gasteiger partial charge is 0.381 e. The highest BCUT2D eigenvalue weighted by molar-refractivity contribution is 5.41. The lowest BCUT2D eigenvalue weighted by Crippen LogP contribution is -2.09. The fourth-order valence-corrected chi connectivity index (χ4v) is 1.68. The minimum atomic E-state index is 0.583. The number of nitrogens with two attached hydrogens (primary N) is 1. The molecule has 3 nitrogen and oxygen atoms in total. The molecule has 12 heavy (non-hydrogen) atoms. The van der Waals surface area contributed by atoms with Crippen LogP contribution in [0.5, 0.6) is 0 Å². The fraction of sp³-hybridized carbons (Fsp3) is 0.667. The Hall–Kier alpha value is -0.990. The summed E-state index contributed by atoms with van der Waals surface area (Å²) in [5, 5.41) is 3.79. The van der Waals surface area contributed by atoms with E-state index in [2.05, 4.69) is 12.1 Å². The second-order valence-corrected chi connectivity index (χ2v) is 3.39. The minimum Gasteiger partial charge on any atom is -0.381 e. The SMILES string of the molecule is CCc1c(N)noc1C1CCC1. The summed E-state index contributed by atoms with van der Waals surface area (Å²) in [6.07, 6.45) is 4.72. The summed E-state index contributed by atoms with van der Waals surface area (Å²) in [5.41, 5.74) is 6.79. The maximum absolute atomic E-state index is 5.66. The van der Waals surface area contributed by atoms with Gasteiger partial charge in [-0.05, 0) is 19.3 Å². The van der Waals surface area contributed by atoms with Crippen LogP contribution in [-0.2, 0) is 6.42 Å². The van der Waals surface area contributed by atoms with Crippen LogP contribution in [0, 0.1) is 0 Å². The highest BCUT2D eigenvalue weighted by Crippen LogP contribution is 2.39. The van der Waals surface area contributed by atoms with E-state index in [9.17, 15) is 0 Å². The van der Waals surface area contributed by atoms with Gasteiger partial charge in [0.15, 0.2) is 5.82 Å². The van der Waals surface area contributed by atoms with Crippen molar-refractivity contribution >= 4 is 5.82 Å². The van der Waals surface area contributed by atoms with E-state index in [1.807, 2.05) is 0 Å². The highest BCUT2D eigenvalue weighted by Gasteiger charge is 2.27. The van der Waals surface area contributed by atoms with Gasteiger partial charge in [-0.3, -0.25) is 0 Å². The Balaban J connectivity index is 2.29. The van der Waals surface area contributed by atoms with Gasteiger partial charge in [0.05, 0.1) is 0 Å². The quantitative estimate of drug-likeness (QED) is 0.731. The van der Waals surface area contributed by atoms with Gasteiger partial charge in [0.1, 0.15) is 5.76 Å². The van der Waals surface area contributed by atoms with E-state index >= 15 is 0 Å². The molecule has 1 heterocycles. The first kappa shape index (κ1) is 7.65. The molecule has 0 spiro atoms. The normalized spacial score (nSPS) is 17.8. The molecule has 0 aromatic carbocycles. The molecule has 2 N–H and O–H groups in total. The van der Waals surface area contributed by atoms with E-state index in [4.69, 9.17) is 10.3 Å².